The van der Waals surface area contributed by atoms with E-state index in [0.29, 0.717) is 51.6 Å². The topological polar surface area (TPSA) is 92.9 Å². The number of carbonyl (C=O) groups excluding carboxylic acids is 2. The molecule has 1 aliphatic heterocycles. The maximum Gasteiger partial charge on any atom is 0.314 e. The normalized spacial score (nSPS) is 29.0. The highest BCUT2D eigenvalue weighted by Crippen LogP contribution is 2.26. The molecule has 2 amide bonds. The van der Waals surface area contributed by atoms with Crippen molar-refractivity contribution in [2.24, 2.45) is 11.7 Å². The smallest absolute Gasteiger partial charge is 0.314 e. The summed E-state index contributed by atoms with van der Waals surface area (Å²) in [5, 5.41) is 9.41. The van der Waals surface area contributed by atoms with Crippen LogP contribution in [0.15, 0.2) is 0 Å². The number of primary amides is 1. The molecule has 3 N–H and O–H groups in total. The molecule has 0 atom stereocenters. The molecule has 2 rings (SSSR count). The summed E-state index contributed by atoms with van der Waals surface area (Å²) in [6.45, 7) is 1.10. The summed E-state index contributed by atoms with van der Waals surface area (Å²) in [5.74, 6) is -0.220. The largest absolute Gasteiger partial charge is 0.462 e. The van der Waals surface area contributed by atoms with Crippen molar-refractivity contribution in [2.45, 2.75) is 50.7 Å². The number of carbonyl (C=O) groups is 2. The Balaban J connectivity index is 1.73. The third kappa shape index (κ3) is 3.83. The number of hydrogen-bond acceptors (Lipinski definition) is 4. The van der Waals surface area contributed by atoms with Gasteiger partial charge in [0.15, 0.2) is 0 Å². The standard InChI is InChI=1S/C13H22N2O4/c14-13(18)15-7-5-11(6-8-15)19-12(17)9-1-3-10(16)4-2-9/h9-11,16H,1-8H2,(H2,14,18). The zero-order valence-corrected chi connectivity index (χ0v) is 11.1. The first-order valence-electron chi connectivity index (χ1n) is 6.99. The van der Waals surface area contributed by atoms with Crippen molar-refractivity contribution in [3.8, 4) is 0 Å². The van der Waals surface area contributed by atoms with Gasteiger partial charge in [0.05, 0.1) is 12.0 Å². The van der Waals surface area contributed by atoms with Gasteiger partial charge in [0.1, 0.15) is 6.10 Å². The maximum absolute atomic E-state index is 12.0. The molecule has 6 nitrogen and oxygen atoms in total. The first kappa shape index (κ1) is 14.1. The molecule has 0 unspecified atom stereocenters. The van der Waals surface area contributed by atoms with Crippen LogP contribution in [0.25, 0.3) is 0 Å². The first-order valence-corrected chi connectivity index (χ1v) is 6.99. The number of urea groups is 1. The minimum Gasteiger partial charge on any atom is -0.462 e. The minimum atomic E-state index is -0.411. The fourth-order valence-corrected chi connectivity index (χ4v) is 2.77. The highest BCUT2D eigenvalue weighted by atomic mass is 16.5. The molecule has 108 valence electrons. The van der Waals surface area contributed by atoms with Crippen LogP contribution in [-0.2, 0) is 9.53 Å². The molecule has 0 radical (unpaired) electrons. The van der Waals surface area contributed by atoms with E-state index in [9.17, 15) is 14.7 Å². The van der Waals surface area contributed by atoms with Crippen molar-refractivity contribution in [2.75, 3.05) is 13.1 Å². The number of amides is 2. The lowest BCUT2D eigenvalue weighted by molar-refractivity contribution is -0.157. The molecule has 2 aliphatic rings. The van der Waals surface area contributed by atoms with Crippen LogP contribution in [0.2, 0.25) is 0 Å². The summed E-state index contributed by atoms with van der Waals surface area (Å²) in [5.41, 5.74) is 5.20. The SMILES string of the molecule is NC(=O)N1CCC(OC(=O)C2CCC(O)CC2)CC1. The maximum atomic E-state index is 12.0. The fourth-order valence-electron chi connectivity index (χ4n) is 2.77. The second-order valence-electron chi connectivity index (χ2n) is 5.47. The molecule has 6 heteroatoms. The Morgan fingerprint density at radius 1 is 1.05 bits per heavy atom. The van der Waals surface area contributed by atoms with E-state index in [-0.39, 0.29) is 24.1 Å². The van der Waals surface area contributed by atoms with Gasteiger partial charge in [0.25, 0.3) is 0 Å². The second kappa shape index (κ2) is 6.23. The van der Waals surface area contributed by atoms with Crippen LogP contribution < -0.4 is 5.73 Å². The lowest BCUT2D eigenvalue weighted by Crippen LogP contribution is -2.44. The van der Waals surface area contributed by atoms with E-state index < -0.39 is 6.03 Å². The van der Waals surface area contributed by atoms with Crippen molar-refractivity contribution >= 4 is 12.0 Å². The predicted molar refractivity (Wildman–Crippen MR) is 68.2 cm³/mol. The van der Waals surface area contributed by atoms with Gasteiger partial charge >= 0.3 is 12.0 Å². The molecular formula is C13H22N2O4. The van der Waals surface area contributed by atoms with Crippen molar-refractivity contribution in [1.29, 1.82) is 0 Å². The summed E-state index contributed by atoms with van der Waals surface area (Å²) < 4.78 is 5.49. The Morgan fingerprint density at radius 3 is 2.16 bits per heavy atom. The molecule has 1 aliphatic carbocycles. The number of piperidine rings is 1. The number of aliphatic hydroxyl groups is 1. The molecule has 0 bridgehead atoms. The van der Waals surface area contributed by atoms with Crippen LogP contribution in [0.1, 0.15) is 38.5 Å². The quantitative estimate of drug-likeness (QED) is 0.719. The van der Waals surface area contributed by atoms with Gasteiger partial charge in [-0.15, -0.1) is 0 Å². The fraction of sp³-hybridized carbons (Fsp3) is 0.846. The Bertz CT molecular complexity index is 332. The van der Waals surface area contributed by atoms with Gasteiger partial charge in [-0.05, 0) is 25.7 Å². The molecule has 2 fully saturated rings. The van der Waals surface area contributed by atoms with E-state index in [1.165, 1.54) is 0 Å². The van der Waals surface area contributed by atoms with Gasteiger partial charge in [-0.2, -0.15) is 0 Å². The second-order valence-corrected chi connectivity index (χ2v) is 5.47. The zero-order chi connectivity index (χ0) is 13.8. The average molecular weight is 270 g/mol. The first-order chi connectivity index (χ1) is 9.06. The Labute approximate surface area is 112 Å². The van der Waals surface area contributed by atoms with Crippen molar-refractivity contribution in [1.82, 2.24) is 4.90 Å². The van der Waals surface area contributed by atoms with E-state index >= 15 is 0 Å². The highest BCUT2D eigenvalue weighted by Gasteiger charge is 2.30. The Hall–Kier alpha value is -1.30. The van der Waals surface area contributed by atoms with E-state index in [1.807, 2.05) is 0 Å². The third-order valence-corrected chi connectivity index (χ3v) is 4.07. The van der Waals surface area contributed by atoms with Crippen LogP contribution in [0.3, 0.4) is 0 Å². The lowest BCUT2D eigenvalue weighted by Gasteiger charge is -2.32. The van der Waals surface area contributed by atoms with Crippen LogP contribution in [0.4, 0.5) is 4.79 Å². The van der Waals surface area contributed by atoms with Crippen LogP contribution in [0.5, 0.6) is 0 Å². The number of ether oxygens (including phenoxy) is 1. The molecule has 1 saturated heterocycles. The lowest BCUT2D eigenvalue weighted by atomic mass is 9.87. The molecule has 0 aromatic heterocycles. The number of esters is 1. The number of hydrogen-bond donors (Lipinski definition) is 2. The van der Waals surface area contributed by atoms with Crippen LogP contribution >= 0.6 is 0 Å². The number of nitrogens with two attached hydrogens (primary N) is 1. The summed E-state index contributed by atoms with van der Waals surface area (Å²) >= 11 is 0. The number of nitrogens with zero attached hydrogens (tertiary/aromatic N) is 1. The summed E-state index contributed by atoms with van der Waals surface area (Å²) in [4.78, 5) is 24.5. The van der Waals surface area contributed by atoms with E-state index in [0.717, 1.165) is 0 Å². The number of rotatable bonds is 2. The van der Waals surface area contributed by atoms with E-state index in [2.05, 4.69) is 0 Å². The summed E-state index contributed by atoms with van der Waals surface area (Å²) in [6, 6.07) is -0.411. The average Bonchev–Trinajstić information content (AvgIpc) is 2.40. The number of aliphatic hydroxyl groups excluding tert-OH is 1. The molecule has 0 aromatic rings. The van der Waals surface area contributed by atoms with Crippen molar-refractivity contribution < 1.29 is 19.4 Å². The van der Waals surface area contributed by atoms with Crippen LogP contribution in [0, 0.1) is 5.92 Å². The van der Waals surface area contributed by atoms with Gasteiger partial charge in [-0.25, -0.2) is 4.79 Å². The molecule has 1 saturated carbocycles. The molecular weight excluding hydrogens is 248 g/mol. The molecule has 0 aromatic carbocycles. The highest BCUT2D eigenvalue weighted by molar-refractivity contribution is 5.73. The minimum absolute atomic E-state index is 0.0717. The van der Waals surface area contributed by atoms with E-state index in [4.69, 9.17) is 10.5 Å². The van der Waals surface area contributed by atoms with Gasteiger partial charge in [0.2, 0.25) is 0 Å². The summed E-state index contributed by atoms with van der Waals surface area (Å²) in [6.07, 6.45) is 3.73. The van der Waals surface area contributed by atoms with Gasteiger partial charge < -0.3 is 20.5 Å². The van der Waals surface area contributed by atoms with Gasteiger partial charge in [-0.3, -0.25) is 4.79 Å². The Kier molecular flexibility index (Phi) is 4.63. The molecule has 19 heavy (non-hydrogen) atoms. The van der Waals surface area contributed by atoms with Crippen LogP contribution in [-0.4, -0.2) is 47.3 Å². The summed E-state index contributed by atoms with van der Waals surface area (Å²) in [7, 11) is 0. The van der Waals surface area contributed by atoms with E-state index in [1.54, 1.807) is 4.90 Å². The van der Waals surface area contributed by atoms with Crippen molar-refractivity contribution in [3.63, 3.8) is 0 Å². The monoisotopic (exact) mass is 270 g/mol. The number of likely N-dealkylation sites (tertiary alicyclic amines) is 1. The third-order valence-electron chi connectivity index (χ3n) is 4.07. The van der Waals surface area contributed by atoms with Crippen molar-refractivity contribution in [3.05, 3.63) is 0 Å². The molecule has 1 heterocycles. The zero-order valence-electron chi connectivity index (χ0n) is 11.1. The predicted octanol–water partition coefficient (Wildman–Crippen LogP) is 0.624. The Morgan fingerprint density at radius 2 is 1.63 bits per heavy atom. The van der Waals surface area contributed by atoms with Gasteiger partial charge in [-0.1, -0.05) is 0 Å². The molecule has 0 spiro atoms. The van der Waals surface area contributed by atoms with Gasteiger partial charge in [0, 0.05) is 25.9 Å².